The molecule has 1 atom stereocenters. The maximum atomic E-state index is 11.9. The van der Waals surface area contributed by atoms with Crippen LogP contribution >= 0.6 is 0 Å². The Kier molecular flexibility index (Phi) is 4.75. The highest BCUT2D eigenvalue weighted by atomic mass is 16.5. The first-order valence-corrected chi connectivity index (χ1v) is 5.50. The number of terminal acetylenes is 1. The fourth-order valence-corrected chi connectivity index (χ4v) is 1.66. The van der Waals surface area contributed by atoms with Gasteiger partial charge in [0.2, 0.25) is 0 Å². The van der Waals surface area contributed by atoms with Crippen LogP contribution in [0.2, 0.25) is 0 Å². The third kappa shape index (κ3) is 2.82. The fourth-order valence-electron chi connectivity index (χ4n) is 1.66. The van der Waals surface area contributed by atoms with Crippen molar-refractivity contribution >= 4 is 5.97 Å². The van der Waals surface area contributed by atoms with E-state index in [1.165, 1.54) is 7.11 Å². The van der Waals surface area contributed by atoms with Crippen LogP contribution < -0.4 is 10.1 Å². The van der Waals surface area contributed by atoms with Gasteiger partial charge in [-0.1, -0.05) is 18.1 Å². The van der Waals surface area contributed by atoms with Crippen LogP contribution in [0.3, 0.4) is 0 Å². The van der Waals surface area contributed by atoms with E-state index in [-0.39, 0.29) is 6.54 Å². The number of hydrogen-bond donors (Lipinski definition) is 1. The molecule has 0 aliphatic rings. The zero-order valence-corrected chi connectivity index (χ0v) is 10.8. The molecule has 4 heteroatoms. The lowest BCUT2D eigenvalue weighted by Gasteiger charge is -2.28. The molecule has 96 valence electrons. The van der Waals surface area contributed by atoms with Gasteiger partial charge in [-0.05, 0) is 24.6 Å². The summed E-state index contributed by atoms with van der Waals surface area (Å²) in [6, 6.07) is 7.22. The minimum Gasteiger partial charge on any atom is -0.497 e. The molecule has 4 nitrogen and oxygen atoms in total. The molecule has 1 unspecified atom stereocenters. The lowest BCUT2D eigenvalue weighted by atomic mass is 9.91. The van der Waals surface area contributed by atoms with Gasteiger partial charge in [0.25, 0.3) is 0 Å². The van der Waals surface area contributed by atoms with Crippen LogP contribution in [0.15, 0.2) is 24.3 Å². The quantitative estimate of drug-likeness (QED) is 0.629. The Morgan fingerprint density at radius 2 is 2.22 bits per heavy atom. The Balaban J connectivity index is 3.16. The molecular weight excluding hydrogens is 230 g/mol. The smallest absolute Gasteiger partial charge is 0.330 e. The van der Waals surface area contributed by atoms with Gasteiger partial charge in [0.05, 0.1) is 20.8 Å². The third-order valence-corrected chi connectivity index (χ3v) is 2.78. The summed E-state index contributed by atoms with van der Waals surface area (Å²) in [7, 11) is 2.92. The largest absolute Gasteiger partial charge is 0.497 e. The van der Waals surface area contributed by atoms with Crippen LogP contribution in [0.25, 0.3) is 0 Å². The first-order valence-electron chi connectivity index (χ1n) is 5.50. The summed E-state index contributed by atoms with van der Waals surface area (Å²) < 4.78 is 9.98. The lowest BCUT2D eigenvalue weighted by molar-refractivity contribution is -0.148. The summed E-state index contributed by atoms with van der Waals surface area (Å²) in [5, 5.41) is 3.00. The average Bonchev–Trinajstić information content (AvgIpc) is 2.43. The molecule has 1 rings (SSSR count). The Morgan fingerprint density at radius 1 is 1.50 bits per heavy atom. The molecule has 0 spiro atoms. The van der Waals surface area contributed by atoms with Crippen LogP contribution in [-0.4, -0.2) is 26.7 Å². The highest BCUT2D eigenvalue weighted by Gasteiger charge is 2.35. The van der Waals surface area contributed by atoms with Crippen LogP contribution in [0, 0.1) is 12.3 Å². The van der Waals surface area contributed by atoms with Crippen LogP contribution in [0.1, 0.15) is 12.5 Å². The standard InChI is InChI=1S/C14H17NO3/c1-5-9-15-14(2,13(16)18-4)11-7-6-8-12(10-11)17-3/h1,6-8,10,15H,9H2,2-4H3. The number of benzene rings is 1. The summed E-state index contributed by atoms with van der Waals surface area (Å²) in [5.41, 5.74) is -0.251. The summed E-state index contributed by atoms with van der Waals surface area (Å²) in [4.78, 5) is 11.9. The second-order valence-electron chi connectivity index (χ2n) is 3.91. The lowest BCUT2D eigenvalue weighted by Crippen LogP contribution is -2.47. The van der Waals surface area contributed by atoms with Crippen LogP contribution in [-0.2, 0) is 15.1 Å². The zero-order chi connectivity index (χ0) is 13.6. The Hall–Kier alpha value is -1.99. The van der Waals surface area contributed by atoms with E-state index in [2.05, 4.69) is 11.2 Å². The van der Waals surface area contributed by atoms with Gasteiger partial charge in [-0.2, -0.15) is 0 Å². The molecule has 0 saturated carbocycles. The SMILES string of the molecule is C#CCNC(C)(C(=O)OC)c1cccc(OC)c1. The predicted molar refractivity (Wildman–Crippen MR) is 69.2 cm³/mol. The van der Waals surface area contributed by atoms with E-state index < -0.39 is 11.5 Å². The summed E-state index contributed by atoms with van der Waals surface area (Å²) >= 11 is 0. The molecule has 1 aromatic rings. The third-order valence-electron chi connectivity index (χ3n) is 2.78. The van der Waals surface area contributed by atoms with Gasteiger partial charge in [0.15, 0.2) is 0 Å². The summed E-state index contributed by atoms with van der Waals surface area (Å²) in [5.74, 6) is 2.72. The van der Waals surface area contributed by atoms with E-state index in [0.717, 1.165) is 5.56 Å². The van der Waals surface area contributed by atoms with Crippen molar-refractivity contribution in [3.8, 4) is 18.1 Å². The maximum absolute atomic E-state index is 11.9. The minimum absolute atomic E-state index is 0.267. The Labute approximate surface area is 107 Å². The van der Waals surface area contributed by atoms with Gasteiger partial charge in [-0.15, -0.1) is 6.42 Å². The van der Waals surface area contributed by atoms with E-state index >= 15 is 0 Å². The molecule has 0 heterocycles. The number of nitrogens with one attached hydrogen (secondary N) is 1. The summed E-state index contributed by atoms with van der Waals surface area (Å²) in [6.07, 6.45) is 5.22. The molecular formula is C14H17NO3. The van der Waals surface area contributed by atoms with Crippen LogP contribution in [0.5, 0.6) is 5.75 Å². The number of carbonyl (C=O) groups excluding carboxylic acids is 1. The number of hydrogen-bond acceptors (Lipinski definition) is 4. The molecule has 0 bridgehead atoms. The van der Waals surface area contributed by atoms with Crippen molar-refractivity contribution in [3.05, 3.63) is 29.8 Å². The molecule has 0 radical (unpaired) electrons. The molecule has 0 amide bonds. The molecule has 18 heavy (non-hydrogen) atoms. The molecule has 0 saturated heterocycles. The molecule has 1 aromatic carbocycles. The normalized spacial score (nSPS) is 13.2. The number of methoxy groups -OCH3 is 2. The van der Waals surface area contributed by atoms with E-state index in [1.54, 1.807) is 20.1 Å². The molecule has 1 N–H and O–H groups in total. The monoisotopic (exact) mass is 247 g/mol. The predicted octanol–water partition coefficient (Wildman–Crippen LogP) is 1.31. The Morgan fingerprint density at radius 3 is 2.78 bits per heavy atom. The fraction of sp³-hybridized carbons (Fsp3) is 0.357. The van der Waals surface area contributed by atoms with Gasteiger partial charge in [0.1, 0.15) is 11.3 Å². The van der Waals surface area contributed by atoms with Crippen molar-refractivity contribution < 1.29 is 14.3 Å². The number of carbonyl (C=O) groups is 1. The van der Waals surface area contributed by atoms with Crippen molar-refractivity contribution in [2.75, 3.05) is 20.8 Å². The van der Waals surface area contributed by atoms with Gasteiger partial charge in [-0.25, -0.2) is 4.79 Å². The second-order valence-corrected chi connectivity index (χ2v) is 3.91. The van der Waals surface area contributed by atoms with Crippen molar-refractivity contribution in [1.29, 1.82) is 0 Å². The maximum Gasteiger partial charge on any atom is 0.330 e. The Bertz CT molecular complexity index is 464. The molecule has 0 aliphatic carbocycles. The number of ether oxygens (including phenoxy) is 2. The van der Waals surface area contributed by atoms with Crippen molar-refractivity contribution in [3.63, 3.8) is 0 Å². The van der Waals surface area contributed by atoms with Crippen molar-refractivity contribution in [2.45, 2.75) is 12.5 Å². The number of rotatable bonds is 5. The number of esters is 1. The first-order chi connectivity index (χ1) is 8.58. The first kappa shape index (κ1) is 14.1. The zero-order valence-electron chi connectivity index (χ0n) is 10.8. The average molecular weight is 247 g/mol. The van der Waals surface area contributed by atoms with Crippen molar-refractivity contribution in [2.24, 2.45) is 0 Å². The van der Waals surface area contributed by atoms with Crippen LogP contribution in [0.4, 0.5) is 0 Å². The van der Waals surface area contributed by atoms with E-state index in [9.17, 15) is 4.79 Å². The van der Waals surface area contributed by atoms with E-state index in [0.29, 0.717) is 5.75 Å². The van der Waals surface area contributed by atoms with Gasteiger partial charge in [-0.3, -0.25) is 5.32 Å². The second kappa shape index (κ2) is 6.08. The summed E-state index contributed by atoms with van der Waals surface area (Å²) in [6.45, 7) is 1.99. The molecule has 0 fully saturated rings. The van der Waals surface area contributed by atoms with Gasteiger partial charge < -0.3 is 9.47 Å². The van der Waals surface area contributed by atoms with E-state index in [4.69, 9.17) is 15.9 Å². The van der Waals surface area contributed by atoms with E-state index in [1.807, 2.05) is 18.2 Å². The van der Waals surface area contributed by atoms with Gasteiger partial charge in [0, 0.05) is 0 Å². The molecule has 0 aromatic heterocycles. The molecule has 0 aliphatic heterocycles. The highest BCUT2D eigenvalue weighted by molar-refractivity contribution is 5.82. The van der Waals surface area contributed by atoms with Crippen molar-refractivity contribution in [1.82, 2.24) is 5.32 Å². The van der Waals surface area contributed by atoms with Gasteiger partial charge >= 0.3 is 5.97 Å². The highest BCUT2D eigenvalue weighted by Crippen LogP contribution is 2.25. The minimum atomic E-state index is -0.990. The topological polar surface area (TPSA) is 47.6 Å².